The lowest BCUT2D eigenvalue weighted by molar-refractivity contribution is 0.462. The molecule has 0 fully saturated rings. The Balaban J connectivity index is -0.000000166. The van der Waals surface area contributed by atoms with Crippen LogP contribution < -0.4 is 0 Å². The molecule has 0 N–H and O–H groups in total. The number of hydrogen-bond donors (Lipinski definition) is 0. The highest BCUT2D eigenvalue weighted by atomic mass is 30.1. The van der Waals surface area contributed by atoms with Crippen molar-refractivity contribution in [3.05, 3.63) is 0 Å². The van der Waals surface area contributed by atoms with Crippen LogP contribution in [-0.4, -0.2) is 132 Å². The zero-order chi connectivity index (χ0) is 47.4. The first-order chi connectivity index (χ1) is 25.4. The summed E-state index contributed by atoms with van der Waals surface area (Å²) in [5, 5.41) is 0. The molecule has 0 aromatic heterocycles. The molecule has 318 valence electrons. The van der Waals surface area contributed by atoms with Crippen LogP contribution in [0.4, 0.5) is 0 Å². The van der Waals surface area contributed by atoms with Gasteiger partial charge < -0.3 is 71.0 Å². The molecule has 0 heterocycles. The van der Waals surface area contributed by atoms with Crippen LogP contribution in [0.1, 0.15) is 111 Å². The average molecular weight is 1060 g/mol. The molecule has 0 spiro atoms. The van der Waals surface area contributed by atoms with Crippen LogP contribution in [0.15, 0.2) is 0 Å². The van der Waals surface area contributed by atoms with Gasteiger partial charge in [-0.3, -0.25) is 0 Å². The van der Waals surface area contributed by atoms with Crippen molar-refractivity contribution in [2.24, 2.45) is 0 Å². The van der Waals surface area contributed by atoms with Gasteiger partial charge in [-0.25, -0.2) is 0 Å². The van der Waals surface area contributed by atoms with Crippen LogP contribution in [0.5, 0.6) is 0 Å². The van der Waals surface area contributed by atoms with Crippen LogP contribution in [0.3, 0.4) is 0 Å². The second kappa shape index (κ2) is 45.6. The Bertz CT molecular complexity index is 1380. The summed E-state index contributed by atoms with van der Waals surface area (Å²) in [5.41, 5.74) is 0. The van der Waals surface area contributed by atoms with Crippen molar-refractivity contribution in [3.8, 4) is 0 Å². The summed E-state index contributed by atoms with van der Waals surface area (Å²) in [7, 11) is -63.3. The molecule has 0 saturated heterocycles. The zero-order valence-electron chi connectivity index (χ0n) is 37.0. The molecule has 0 bridgehead atoms. The van der Waals surface area contributed by atoms with Crippen LogP contribution in [0, 0.1) is 0 Å². The Kier molecular flexibility index (Phi) is 63.2. The van der Waals surface area contributed by atoms with Gasteiger partial charge in [0.25, 0.3) is 0 Å². The number of rotatable bonds is 17. The molecule has 0 aliphatic heterocycles. The molecule has 0 saturated carbocycles. The molecule has 0 aromatic rings. The summed E-state index contributed by atoms with van der Waals surface area (Å²) in [6, 6.07) is 0. The van der Waals surface area contributed by atoms with Crippen LogP contribution in [0.2, 0.25) is 39.3 Å². The summed E-state index contributed by atoms with van der Waals surface area (Å²) < 4.78 is 190. The van der Waals surface area contributed by atoms with Crippen molar-refractivity contribution in [2.45, 2.75) is 150 Å². The van der Waals surface area contributed by atoms with Gasteiger partial charge in [0, 0.05) is 0 Å². The van der Waals surface area contributed by atoms with Crippen LogP contribution in [0.25, 0.3) is 0 Å². The molecule has 0 atom stereocenters. The van der Waals surface area contributed by atoms with Gasteiger partial charge in [0.15, 0.2) is 0 Å². The van der Waals surface area contributed by atoms with Gasteiger partial charge in [-0.1, -0.05) is 130 Å². The Hall–Kier alpha value is 0.487. The molecule has 55 heavy (non-hydrogen) atoms. The average Bonchev–Trinajstić information content (AvgIpc) is 3.21. The predicted molar refractivity (Wildman–Crippen MR) is 235 cm³/mol. The standard InChI is InChI=1S/C6H18O16Si17.8C2H6/c1-38(2,3)22-23(7)24(8)25(9)26(10)27(11)28(12)29(13)30(14)31(15)32(16)33(17)34(18)35(19)36(20)37(21)39(4,5)6;8*1-2/h1-6H3;8*1-2H3. The quantitative estimate of drug-likeness (QED) is 0.189. The molecular formula is C22H66O16Si17. The lowest BCUT2D eigenvalue weighted by Crippen LogP contribution is -2.57. The predicted octanol–water partition coefficient (Wildman–Crippen LogP) is 3.39. The van der Waals surface area contributed by atoms with E-state index in [0.717, 1.165) is 0 Å². The molecular weight excluding hydrogens is 998 g/mol. The first kappa shape index (κ1) is 76.2. The third-order valence-electron chi connectivity index (χ3n) is 3.95. The lowest BCUT2D eigenvalue weighted by atomic mass is 11.0. The molecule has 0 unspecified atom stereocenters. The Morgan fingerprint density at radius 2 is 0.400 bits per heavy atom. The lowest BCUT2D eigenvalue weighted by Gasteiger charge is -2.16. The summed E-state index contributed by atoms with van der Waals surface area (Å²) >= 11 is 0. The minimum Gasteiger partial charge on any atom is -0.578 e. The highest BCUT2D eigenvalue weighted by Crippen LogP contribution is 2.02. The second-order valence-electron chi connectivity index (χ2n) is 9.36. The van der Waals surface area contributed by atoms with Gasteiger partial charge in [0.2, 0.25) is 8.32 Å². The fourth-order valence-corrected chi connectivity index (χ4v) is 180. The molecule has 0 amide bonds. The Morgan fingerprint density at radius 3 is 0.545 bits per heavy atom. The SMILES string of the molecule is CC.CC.CC.CC.CC.CC.CC.CC.C[Si](C)(C)O[Si](=O)[Si](=O)[Si](=O)[Si](=O)[Si](=O)[Si](=O)[Si](=O)[Si](=O)[Si](=O)[Si](=O)[Si](=O)[Si](=O)[Si](=O)[Si](=O)[Si](=O)[Si](C)(C)C. The van der Waals surface area contributed by atoms with E-state index in [1.54, 1.807) is 19.6 Å². The largest absolute Gasteiger partial charge is 0.578 e. The monoisotopic (exact) mass is 1060 g/mol. The van der Waals surface area contributed by atoms with Gasteiger partial charge in [-0.15, -0.1) is 0 Å². The molecule has 0 rings (SSSR count). The Labute approximate surface area is 350 Å². The van der Waals surface area contributed by atoms with Gasteiger partial charge in [0.1, 0.15) is 7.59 Å². The third-order valence-corrected chi connectivity index (χ3v) is 127. The van der Waals surface area contributed by atoms with E-state index in [2.05, 4.69) is 0 Å². The van der Waals surface area contributed by atoms with E-state index in [1.807, 2.05) is 111 Å². The maximum atomic E-state index is 12.4. The highest BCUT2D eigenvalue weighted by molar-refractivity contribution is 7.81. The topological polar surface area (TPSA) is 265 Å². The van der Waals surface area contributed by atoms with Crippen molar-refractivity contribution in [2.75, 3.05) is 0 Å². The minimum absolute atomic E-state index is 1.54. The molecule has 0 aromatic carbocycles. The molecule has 0 radical (unpaired) electrons. The first-order valence-corrected chi connectivity index (χ1v) is 61.2. The van der Waals surface area contributed by atoms with Crippen molar-refractivity contribution in [1.82, 2.24) is 0 Å². The van der Waals surface area contributed by atoms with E-state index in [9.17, 15) is 66.9 Å². The van der Waals surface area contributed by atoms with Gasteiger partial charge >= 0.3 is 116 Å². The van der Waals surface area contributed by atoms with Crippen molar-refractivity contribution < 1.29 is 71.0 Å². The number of hydrogen-bond acceptors (Lipinski definition) is 16. The fourth-order valence-electron chi connectivity index (χ4n) is 2.00. The van der Waals surface area contributed by atoms with Crippen molar-refractivity contribution in [1.29, 1.82) is 0 Å². The van der Waals surface area contributed by atoms with Gasteiger partial charge in [-0.2, -0.15) is 0 Å². The smallest absolute Gasteiger partial charge is 0.532 e. The summed E-state index contributed by atoms with van der Waals surface area (Å²) in [4.78, 5) is 0. The molecule has 0 aliphatic carbocycles. The molecule has 16 nitrogen and oxygen atoms in total. The summed E-state index contributed by atoms with van der Waals surface area (Å²) in [6.07, 6.45) is 0. The van der Waals surface area contributed by atoms with Crippen LogP contribution in [-0.2, 0) is 71.0 Å². The van der Waals surface area contributed by atoms with E-state index >= 15 is 0 Å². The van der Waals surface area contributed by atoms with Crippen molar-refractivity contribution >= 4 is 132 Å². The normalized spacial score (nSPS) is 8.55. The zero-order valence-corrected chi connectivity index (χ0v) is 54.0. The first-order valence-electron chi connectivity index (χ1n) is 18.2. The third kappa shape index (κ3) is 33.0. The minimum atomic E-state index is -4.20. The van der Waals surface area contributed by atoms with E-state index in [1.165, 1.54) is 19.6 Å². The van der Waals surface area contributed by atoms with Crippen LogP contribution >= 0.6 is 0 Å². The summed E-state index contributed by atoms with van der Waals surface area (Å²) in [6.45, 7) is 41.3. The van der Waals surface area contributed by atoms with E-state index in [0.29, 0.717) is 0 Å². The fraction of sp³-hybridized carbons (Fsp3) is 1.00. The molecule has 33 heteroatoms. The molecule has 0 aliphatic rings. The van der Waals surface area contributed by atoms with E-state index in [-0.39, 0.29) is 0 Å². The van der Waals surface area contributed by atoms with E-state index in [4.69, 9.17) is 4.12 Å². The maximum Gasteiger partial charge on any atom is 0.532 e. The maximum absolute atomic E-state index is 12.4. The van der Waals surface area contributed by atoms with Crippen molar-refractivity contribution in [3.63, 3.8) is 0 Å². The summed E-state index contributed by atoms with van der Waals surface area (Å²) in [5.74, 6) is 0. The van der Waals surface area contributed by atoms with Gasteiger partial charge in [0.05, 0.1) is 0 Å². The van der Waals surface area contributed by atoms with E-state index < -0.39 is 132 Å². The Morgan fingerprint density at radius 1 is 0.255 bits per heavy atom. The second-order valence-corrected chi connectivity index (χ2v) is 93.6. The highest BCUT2D eigenvalue weighted by Gasteiger charge is 2.55. The van der Waals surface area contributed by atoms with Gasteiger partial charge in [-0.05, 0) is 19.6 Å².